The van der Waals surface area contributed by atoms with Crippen LogP contribution in [0.4, 0.5) is 11.8 Å². The van der Waals surface area contributed by atoms with E-state index in [1.165, 1.54) is 0 Å². The second-order valence-corrected chi connectivity index (χ2v) is 7.09. The fraction of sp³-hybridized carbons (Fsp3) is 0.400. The fourth-order valence-corrected chi connectivity index (χ4v) is 3.65. The van der Waals surface area contributed by atoms with Crippen molar-refractivity contribution in [2.24, 2.45) is 0 Å². The number of ether oxygens (including phenoxy) is 1. The number of methoxy groups -OCH3 is 1. The third kappa shape index (κ3) is 4.20. The Morgan fingerprint density at radius 1 is 1.24 bits per heavy atom. The summed E-state index contributed by atoms with van der Waals surface area (Å²) in [7, 11) is 3.57. The van der Waals surface area contributed by atoms with Crippen LogP contribution >= 0.6 is 0 Å². The van der Waals surface area contributed by atoms with Gasteiger partial charge >= 0.3 is 0 Å². The summed E-state index contributed by atoms with van der Waals surface area (Å²) in [4.78, 5) is 15.5. The molecule has 0 amide bonds. The molecule has 0 spiro atoms. The first kappa shape index (κ1) is 19.3. The molecule has 2 N–H and O–H groups in total. The average molecular weight is 394 g/mol. The Balaban J connectivity index is 1.41. The molecule has 3 aromatic heterocycles. The minimum absolute atomic E-state index is 0.0837. The minimum Gasteiger partial charge on any atom is -0.378 e. The Hall–Kier alpha value is -3.04. The molecule has 1 fully saturated rings. The van der Waals surface area contributed by atoms with Gasteiger partial charge in [-0.3, -0.25) is 0 Å². The molecular formula is C20H26N8O. The maximum Gasteiger partial charge on any atom is 0.224 e. The molecule has 0 bridgehead atoms. The van der Waals surface area contributed by atoms with Gasteiger partial charge in [-0.15, -0.1) is 0 Å². The van der Waals surface area contributed by atoms with E-state index in [1.54, 1.807) is 24.2 Å². The quantitative estimate of drug-likeness (QED) is 0.621. The summed E-state index contributed by atoms with van der Waals surface area (Å²) >= 11 is 0. The molecule has 29 heavy (non-hydrogen) atoms. The van der Waals surface area contributed by atoms with E-state index in [0.29, 0.717) is 5.95 Å². The zero-order chi connectivity index (χ0) is 20.2. The van der Waals surface area contributed by atoms with Crippen LogP contribution in [0.3, 0.4) is 0 Å². The molecule has 0 saturated carbocycles. The predicted molar refractivity (Wildman–Crippen MR) is 111 cm³/mol. The molecule has 9 heteroatoms. The van der Waals surface area contributed by atoms with Crippen LogP contribution in [0.1, 0.15) is 11.1 Å². The molecular weight excluding hydrogens is 368 g/mol. The summed E-state index contributed by atoms with van der Waals surface area (Å²) < 4.78 is 7.50. The summed E-state index contributed by atoms with van der Waals surface area (Å²) in [6, 6.07) is 6.16. The van der Waals surface area contributed by atoms with Crippen LogP contribution in [0.5, 0.6) is 0 Å². The smallest absolute Gasteiger partial charge is 0.224 e. The lowest BCUT2D eigenvalue weighted by molar-refractivity contribution is 0.0966. The van der Waals surface area contributed by atoms with Gasteiger partial charge in [-0.2, -0.15) is 10.1 Å². The van der Waals surface area contributed by atoms with Crippen molar-refractivity contribution in [1.29, 1.82) is 0 Å². The van der Waals surface area contributed by atoms with E-state index in [0.717, 1.165) is 42.4 Å². The maximum absolute atomic E-state index is 5.72. The van der Waals surface area contributed by atoms with Gasteiger partial charge in [0.2, 0.25) is 5.95 Å². The minimum atomic E-state index is 0.0837. The van der Waals surface area contributed by atoms with Gasteiger partial charge < -0.3 is 20.3 Å². The normalized spacial score (nSPS) is 18.9. The summed E-state index contributed by atoms with van der Waals surface area (Å²) in [6.07, 6.45) is 7.41. The molecule has 3 aromatic rings. The van der Waals surface area contributed by atoms with Crippen molar-refractivity contribution in [3.05, 3.63) is 54.1 Å². The van der Waals surface area contributed by atoms with Crippen LogP contribution in [0.2, 0.25) is 0 Å². The van der Waals surface area contributed by atoms with E-state index in [4.69, 9.17) is 4.74 Å². The van der Waals surface area contributed by atoms with Crippen molar-refractivity contribution < 1.29 is 4.74 Å². The number of hydrogen-bond acceptors (Lipinski definition) is 8. The summed E-state index contributed by atoms with van der Waals surface area (Å²) in [5, 5.41) is 10.9. The van der Waals surface area contributed by atoms with E-state index in [1.807, 2.05) is 31.6 Å². The van der Waals surface area contributed by atoms with Gasteiger partial charge in [-0.05, 0) is 36.2 Å². The molecule has 4 rings (SSSR count). The number of hydrogen-bond donors (Lipinski definition) is 2. The molecule has 4 heterocycles. The highest BCUT2D eigenvalue weighted by Gasteiger charge is 2.33. The Labute approximate surface area is 170 Å². The van der Waals surface area contributed by atoms with Gasteiger partial charge in [0.25, 0.3) is 0 Å². The summed E-state index contributed by atoms with van der Waals surface area (Å²) in [6.45, 7) is 4.37. The number of pyridine rings is 1. The molecule has 1 saturated heterocycles. The molecule has 0 aliphatic carbocycles. The Morgan fingerprint density at radius 3 is 2.86 bits per heavy atom. The highest BCUT2D eigenvalue weighted by molar-refractivity contribution is 5.44. The molecule has 9 nitrogen and oxygen atoms in total. The van der Waals surface area contributed by atoms with Gasteiger partial charge in [0.1, 0.15) is 5.82 Å². The molecule has 1 aliphatic rings. The molecule has 152 valence electrons. The number of anilines is 2. The van der Waals surface area contributed by atoms with Crippen molar-refractivity contribution in [3.8, 4) is 5.82 Å². The first-order chi connectivity index (χ1) is 14.2. The van der Waals surface area contributed by atoms with Gasteiger partial charge in [0.15, 0.2) is 5.82 Å². The lowest BCUT2D eigenvalue weighted by Gasteiger charge is -2.19. The largest absolute Gasteiger partial charge is 0.378 e. The molecule has 1 aliphatic heterocycles. The third-order valence-electron chi connectivity index (χ3n) is 5.15. The fourth-order valence-electron chi connectivity index (χ4n) is 3.65. The van der Waals surface area contributed by atoms with E-state index in [-0.39, 0.29) is 12.1 Å². The monoisotopic (exact) mass is 394 g/mol. The van der Waals surface area contributed by atoms with Crippen molar-refractivity contribution >= 4 is 11.8 Å². The van der Waals surface area contributed by atoms with E-state index < -0.39 is 0 Å². The lowest BCUT2D eigenvalue weighted by Crippen LogP contribution is -2.39. The van der Waals surface area contributed by atoms with Gasteiger partial charge in [0, 0.05) is 58.6 Å². The number of aryl methyl sites for hydroxylation is 1. The van der Waals surface area contributed by atoms with Crippen molar-refractivity contribution in [2.75, 3.05) is 37.5 Å². The standard InChI is InChI=1S/C20H26N8O/c1-14-9-15(11-24-19(14)28-8-4-6-25-28)10-23-16-12-27(13-17(16)29-3)18-5-7-22-20(21-2)26-18/h4-9,11,16-17,23H,10,12-13H2,1-3H3,(H,21,22,26)/t16-,17+/m1/s1. The average Bonchev–Trinajstić information content (AvgIpc) is 3.42. The van der Waals surface area contributed by atoms with Crippen LogP contribution in [-0.2, 0) is 11.3 Å². The Bertz CT molecular complexity index is 945. The lowest BCUT2D eigenvalue weighted by atomic mass is 10.1. The summed E-state index contributed by atoms with van der Waals surface area (Å²) in [5.41, 5.74) is 2.22. The zero-order valence-electron chi connectivity index (χ0n) is 16.9. The Morgan fingerprint density at radius 2 is 2.14 bits per heavy atom. The zero-order valence-corrected chi connectivity index (χ0v) is 16.9. The second kappa shape index (κ2) is 8.54. The predicted octanol–water partition coefficient (Wildman–Crippen LogP) is 1.40. The first-order valence-corrected chi connectivity index (χ1v) is 9.65. The van der Waals surface area contributed by atoms with E-state index >= 15 is 0 Å². The van der Waals surface area contributed by atoms with Gasteiger partial charge in [0.05, 0.1) is 12.1 Å². The molecule has 2 atom stereocenters. The third-order valence-corrected chi connectivity index (χ3v) is 5.15. The number of rotatable bonds is 7. The summed E-state index contributed by atoms with van der Waals surface area (Å²) in [5.74, 6) is 2.37. The van der Waals surface area contributed by atoms with Crippen LogP contribution in [0, 0.1) is 6.92 Å². The van der Waals surface area contributed by atoms with Crippen LogP contribution in [0.25, 0.3) is 5.82 Å². The molecule has 0 aromatic carbocycles. The van der Waals surface area contributed by atoms with Gasteiger partial charge in [-0.25, -0.2) is 14.6 Å². The van der Waals surface area contributed by atoms with Crippen LogP contribution in [0.15, 0.2) is 43.0 Å². The van der Waals surface area contributed by atoms with E-state index in [9.17, 15) is 0 Å². The number of nitrogens with zero attached hydrogens (tertiary/aromatic N) is 6. The van der Waals surface area contributed by atoms with Crippen molar-refractivity contribution in [1.82, 2.24) is 30.0 Å². The van der Waals surface area contributed by atoms with Crippen LogP contribution in [-0.4, -0.2) is 64.1 Å². The van der Waals surface area contributed by atoms with E-state index in [2.05, 4.69) is 48.6 Å². The number of nitrogens with one attached hydrogen (secondary N) is 2. The highest BCUT2D eigenvalue weighted by atomic mass is 16.5. The molecule has 0 radical (unpaired) electrons. The van der Waals surface area contributed by atoms with Gasteiger partial charge in [-0.1, -0.05) is 0 Å². The SMILES string of the molecule is CNc1nccc(N2C[C@H](OC)[C@H](NCc3cnc(-n4cccn4)c(C)c3)C2)n1. The highest BCUT2D eigenvalue weighted by Crippen LogP contribution is 2.21. The topological polar surface area (TPSA) is 93.0 Å². The number of aromatic nitrogens is 5. The van der Waals surface area contributed by atoms with Crippen molar-refractivity contribution in [3.63, 3.8) is 0 Å². The van der Waals surface area contributed by atoms with Crippen molar-refractivity contribution in [2.45, 2.75) is 25.6 Å². The molecule has 0 unspecified atom stereocenters. The van der Waals surface area contributed by atoms with Crippen LogP contribution < -0.4 is 15.5 Å². The first-order valence-electron chi connectivity index (χ1n) is 9.65. The second-order valence-electron chi connectivity index (χ2n) is 7.09. The Kier molecular flexibility index (Phi) is 5.68. The maximum atomic E-state index is 5.72.